The molecule has 1 N–H and O–H groups in total. The molecule has 0 unspecified atom stereocenters. The number of benzene rings is 2. The fourth-order valence-electron chi connectivity index (χ4n) is 2.98. The van der Waals surface area contributed by atoms with Crippen molar-refractivity contribution in [2.75, 3.05) is 11.9 Å². The highest BCUT2D eigenvalue weighted by Crippen LogP contribution is 2.29. The summed E-state index contributed by atoms with van der Waals surface area (Å²) in [5.74, 6) is -0.190. The van der Waals surface area contributed by atoms with Gasteiger partial charge in [0.2, 0.25) is 11.8 Å². The molecule has 0 bridgehead atoms. The molecule has 0 aliphatic carbocycles. The van der Waals surface area contributed by atoms with Gasteiger partial charge < -0.3 is 10.2 Å². The molecule has 0 aliphatic heterocycles. The SMILES string of the molecule is CCN(Cc1ccccc1NC(=O)/C=C/c1ccc(-c2ccc(Br)cc2)s1)C(C)=O. The van der Waals surface area contributed by atoms with Gasteiger partial charge in [-0.05, 0) is 54.5 Å². The van der Waals surface area contributed by atoms with Crippen LogP contribution in [-0.4, -0.2) is 23.3 Å². The van der Waals surface area contributed by atoms with E-state index in [1.54, 1.807) is 23.2 Å². The Kier molecular flexibility index (Phi) is 7.60. The summed E-state index contributed by atoms with van der Waals surface area (Å²) in [7, 11) is 0. The number of halogens is 1. The van der Waals surface area contributed by atoms with Crippen LogP contribution < -0.4 is 5.32 Å². The van der Waals surface area contributed by atoms with Crippen LogP contribution in [0.25, 0.3) is 16.5 Å². The smallest absolute Gasteiger partial charge is 0.248 e. The first kappa shape index (κ1) is 22.0. The van der Waals surface area contributed by atoms with Gasteiger partial charge in [-0.25, -0.2) is 0 Å². The number of carbonyl (C=O) groups is 2. The molecule has 0 radical (unpaired) electrons. The summed E-state index contributed by atoms with van der Waals surface area (Å²) in [6.45, 7) is 4.58. The van der Waals surface area contributed by atoms with Crippen molar-refractivity contribution in [2.24, 2.45) is 0 Å². The summed E-state index contributed by atoms with van der Waals surface area (Å²) in [5.41, 5.74) is 2.77. The van der Waals surface area contributed by atoms with Crippen LogP contribution in [-0.2, 0) is 16.1 Å². The first-order valence-corrected chi connectivity index (χ1v) is 11.3. The molecule has 0 fully saturated rings. The molecule has 3 aromatic rings. The summed E-state index contributed by atoms with van der Waals surface area (Å²) in [4.78, 5) is 28.1. The van der Waals surface area contributed by atoms with Crippen LogP contribution in [0.2, 0.25) is 0 Å². The Morgan fingerprint density at radius 3 is 2.50 bits per heavy atom. The fraction of sp³-hybridized carbons (Fsp3) is 0.167. The van der Waals surface area contributed by atoms with Gasteiger partial charge in [0.05, 0.1) is 0 Å². The van der Waals surface area contributed by atoms with Crippen LogP contribution in [0.15, 0.2) is 71.2 Å². The third kappa shape index (κ3) is 5.90. The maximum atomic E-state index is 12.5. The Bertz CT molecular complexity index is 1060. The number of hydrogen-bond acceptors (Lipinski definition) is 3. The van der Waals surface area contributed by atoms with E-state index in [2.05, 4.69) is 39.4 Å². The first-order valence-electron chi connectivity index (χ1n) is 9.64. The molecule has 0 aliphatic rings. The van der Waals surface area contributed by atoms with Gasteiger partial charge in [-0.3, -0.25) is 9.59 Å². The molecule has 154 valence electrons. The molecule has 1 heterocycles. The summed E-state index contributed by atoms with van der Waals surface area (Å²) in [5, 5.41) is 2.93. The lowest BCUT2D eigenvalue weighted by Crippen LogP contribution is -2.28. The van der Waals surface area contributed by atoms with E-state index in [4.69, 9.17) is 0 Å². The van der Waals surface area contributed by atoms with Gasteiger partial charge in [0.1, 0.15) is 0 Å². The van der Waals surface area contributed by atoms with E-state index >= 15 is 0 Å². The zero-order valence-electron chi connectivity index (χ0n) is 16.9. The Morgan fingerprint density at radius 2 is 1.80 bits per heavy atom. The molecule has 1 aromatic heterocycles. The molecule has 2 aromatic carbocycles. The van der Waals surface area contributed by atoms with Crippen LogP contribution in [0.4, 0.5) is 5.69 Å². The van der Waals surface area contributed by atoms with Crippen molar-refractivity contribution in [1.29, 1.82) is 0 Å². The lowest BCUT2D eigenvalue weighted by Gasteiger charge is -2.20. The minimum Gasteiger partial charge on any atom is -0.339 e. The van der Waals surface area contributed by atoms with E-state index in [0.717, 1.165) is 25.4 Å². The summed E-state index contributed by atoms with van der Waals surface area (Å²) < 4.78 is 1.05. The Balaban J connectivity index is 1.67. The zero-order chi connectivity index (χ0) is 21.5. The predicted molar refractivity (Wildman–Crippen MR) is 128 cm³/mol. The van der Waals surface area contributed by atoms with Gasteiger partial charge in [0.25, 0.3) is 0 Å². The van der Waals surface area contributed by atoms with Crippen LogP contribution in [0.5, 0.6) is 0 Å². The van der Waals surface area contributed by atoms with Crippen LogP contribution in [0.3, 0.4) is 0 Å². The number of carbonyl (C=O) groups excluding carboxylic acids is 2. The van der Waals surface area contributed by atoms with E-state index < -0.39 is 0 Å². The maximum absolute atomic E-state index is 12.5. The van der Waals surface area contributed by atoms with Crippen molar-refractivity contribution < 1.29 is 9.59 Å². The average Bonchev–Trinajstić information content (AvgIpc) is 3.21. The molecule has 0 saturated carbocycles. The normalized spacial score (nSPS) is 10.9. The van der Waals surface area contributed by atoms with Gasteiger partial charge in [-0.15, -0.1) is 11.3 Å². The van der Waals surface area contributed by atoms with Gasteiger partial charge in [-0.2, -0.15) is 0 Å². The van der Waals surface area contributed by atoms with E-state index in [1.165, 1.54) is 6.08 Å². The van der Waals surface area contributed by atoms with E-state index in [-0.39, 0.29) is 11.8 Å². The highest BCUT2D eigenvalue weighted by molar-refractivity contribution is 9.10. The van der Waals surface area contributed by atoms with Crippen molar-refractivity contribution in [3.8, 4) is 10.4 Å². The van der Waals surface area contributed by atoms with Gasteiger partial charge in [0.15, 0.2) is 0 Å². The lowest BCUT2D eigenvalue weighted by atomic mass is 10.1. The monoisotopic (exact) mass is 482 g/mol. The van der Waals surface area contributed by atoms with Crippen molar-refractivity contribution in [1.82, 2.24) is 4.90 Å². The number of anilines is 1. The largest absolute Gasteiger partial charge is 0.339 e. The van der Waals surface area contributed by atoms with Gasteiger partial charge in [-0.1, -0.05) is 46.3 Å². The highest BCUT2D eigenvalue weighted by atomic mass is 79.9. The number of para-hydroxylation sites is 1. The standard InChI is InChI=1S/C24H23BrN2O2S/c1-3-27(17(2)28)16-19-6-4-5-7-22(19)26-24(29)15-13-21-12-14-23(30-21)18-8-10-20(25)11-9-18/h4-15H,3,16H2,1-2H3,(H,26,29)/b15-13+. The Morgan fingerprint density at radius 1 is 1.07 bits per heavy atom. The molecule has 30 heavy (non-hydrogen) atoms. The molecule has 0 spiro atoms. The van der Waals surface area contributed by atoms with E-state index in [9.17, 15) is 9.59 Å². The number of nitrogens with zero attached hydrogens (tertiary/aromatic N) is 1. The van der Waals surface area contributed by atoms with Crippen molar-refractivity contribution in [2.45, 2.75) is 20.4 Å². The molecule has 3 rings (SSSR count). The van der Waals surface area contributed by atoms with Gasteiger partial charge >= 0.3 is 0 Å². The Labute approximate surface area is 189 Å². The topological polar surface area (TPSA) is 49.4 Å². The fourth-order valence-corrected chi connectivity index (χ4v) is 4.16. The molecule has 0 atom stereocenters. The lowest BCUT2D eigenvalue weighted by molar-refractivity contribution is -0.129. The number of thiophene rings is 1. The second-order valence-corrected chi connectivity index (χ2v) is 8.75. The van der Waals surface area contributed by atoms with Gasteiger partial charge in [0, 0.05) is 46.0 Å². The van der Waals surface area contributed by atoms with Crippen LogP contribution >= 0.6 is 27.3 Å². The van der Waals surface area contributed by atoms with Crippen LogP contribution in [0.1, 0.15) is 24.3 Å². The second-order valence-electron chi connectivity index (χ2n) is 6.72. The summed E-state index contributed by atoms with van der Waals surface area (Å²) in [6.07, 6.45) is 3.36. The third-order valence-corrected chi connectivity index (χ3v) is 6.25. The molecular weight excluding hydrogens is 460 g/mol. The first-order chi connectivity index (χ1) is 14.5. The number of hydrogen-bond donors (Lipinski definition) is 1. The number of rotatable bonds is 7. The van der Waals surface area contributed by atoms with E-state index in [1.807, 2.05) is 55.5 Å². The third-order valence-electron chi connectivity index (χ3n) is 4.62. The van der Waals surface area contributed by atoms with Crippen molar-refractivity contribution >= 4 is 50.8 Å². The molecule has 0 saturated heterocycles. The average molecular weight is 483 g/mol. The van der Waals surface area contributed by atoms with Crippen molar-refractivity contribution in [3.05, 3.63) is 81.7 Å². The molecule has 6 heteroatoms. The molecule has 4 nitrogen and oxygen atoms in total. The quantitative estimate of drug-likeness (QED) is 0.407. The second kappa shape index (κ2) is 10.4. The Hall–Kier alpha value is -2.70. The zero-order valence-corrected chi connectivity index (χ0v) is 19.3. The highest BCUT2D eigenvalue weighted by Gasteiger charge is 2.11. The molecular formula is C24H23BrN2O2S. The summed E-state index contributed by atoms with van der Waals surface area (Å²) in [6, 6.07) is 19.8. The number of nitrogens with one attached hydrogen (secondary N) is 1. The van der Waals surface area contributed by atoms with Crippen molar-refractivity contribution in [3.63, 3.8) is 0 Å². The maximum Gasteiger partial charge on any atom is 0.248 e. The van der Waals surface area contributed by atoms with Crippen LogP contribution in [0, 0.1) is 0 Å². The minimum absolute atomic E-state index is 0.0119. The molecule has 2 amide bonds. The summed E-state index contributed by atoms with van der Waals surface area (Å²) >= 11 is 5.08. The predicted octanol–water partition coefficient (Wildman–Crippen LogP) is 6.20. The minimum atomic E-state index is -0.202. The van der Waals surface area contributed by atoms with E-state index in [0.29, 0.717) is 18.8 Å². The number of amides is 2.